The Balaban J connectivity index is 1.49. The van der Waals surface area contributed by atoms with Crippen LogP contribution in [0.3, 0.4) is 0 Å². The zero-order valence-electron chi connectivity index (χ0n) is 16.1. The van der Waals surface area contributed by atoms with Crippen molar-refractivity contribution in [2.75, 3.05) is 26.3 Å². The first-order valence-corrected chi connectivity index (χ1v) is 9.64. The quantitative estimate of drug-likeness (QED) is 0.741. The molecule has 2 aromatic rings. The van der Waals surface area contributed by atoms with Crippen molar-refractivity contribution < 1.29 is 14.3 Å². The van der Waals surface area contributed by atoms with Gasteiger partial charge in [-0.05, 0) is 62.1 Å². The van der Waals surface area contributed by atoms with Crippen LogP contribution < -0.4 is 14.8 Å². The lowest BCUT2D eigenvalue weighted by atomic mass is 10.0. The molecule has 0 spiro atoms. The standard InChI is InChI=1S/C22H28N2O3/c1-3-26-19-11-9-18(10-12-19)21-8-5-14-24(21)22(25)23-13-15-27-20-7-4-6-17(2)16-20/h4,6-7,9-12,16,21H,3,5,8,13-15H2,1-2H3,(H,23,25). The number of urea groups is 1. The van der Waals surface area contributed by atoms with Crippen LogP contribution in [0.5, 0.6) is 11.5 Å². The van der Waals surface area contributed by atoms with Crippen LogP contribution in [-0.2, 0) is 0 Å². The summed E-state index contributed by atoms with van der Waals surface area (Å²) in [6.45, 7) is 6.38. The number of likely N-dealkylation sites (tertiary alicyclic amines) is 1. The number of rotatable bonds is 7. The summed E-state index contributed by atoms with van der Waals surface area (Å²) in [5, 5.41) is 2.98. The lowest BCUT2D eigenvalue weighted by Crippen LogP contribution is -2.41. The molecular weight excluding hydrogens is 340 g/mol. The third-order valence-corrected chi connectivity index (χ3v) is 4.73. The second-order valence-corrected chi connectivity index (χ2v) is 6.75. The van der Waals surface area contributed by atoms with Gasteiger partial charge in [0.15, 0.2) is 0 Å². The molecule has 5 nitrogen and oxygen atoms in total. The van der Waals surface area contributed by atoms with Crippen molar-refractivity contribution in [2.24, 2.45) is 0 Å². The molecule has 5 heteroatoms. The average Bonchev–Trinajstić information content (AvgIpc) is 3.16. The van der Waals surface area contributed by atoms with Crippen LogP contribution in [0.25, 0.3) is 0 Å². The Hall–Kier alpha value is -2.69. The highest BCUT2D eigenvalue weighted by molar-refractivity contribution is 5.75. The van der Waals surface area contributed by atoms with Crippen molar-refractivity contribution in [1.82, 2.24) is 10.2 Å². The van der Waals surface area contributed by atoms with E-state index in [0.717, 1.165) is 42.0 Å². The highest BCUT2D eigenvalue weighted by Crippen LogP contribution is 2.32. The molecule has 1 atom stereocenters. The fourth-order valence-electron chi connectivity index (χ4n) is 3.44. The van der Waals surface area contributed by atoms with Crippen LogP contribution in [0.15, 0.2) is 48.5 Å². The van der Waals surface area contributed by atoms with E-state index in [1.165, 1.54) is 0 Å². The Bertz CT molecular complexity index is 745. The van der Waals surface area contributed by atoms with Gasteiger partial charge in [0.1, 0.15) is 18.1 Å². The van der Waals surface area contributed by atoms with Gasteiger partial charge in [0, 0.05) is 6.54 Å². The molecule has 0 bridgehead atoms. The van der Waals surface area contributed by atoms with Gasteiger partial charge < -0.3 is 19.7 Å². The van der Waals surface area contributed by atoms with E-state index < -0.39 is 0 Å². The van der Waals surface area contributed by atoms with Crippen LogP contribution in [0, 0.1) is 6.92 Å². The van der Waals surface area contributed by atoms with Crippen molar-refractivity contribution in [3.63, 3.8) is 0 Å². The minimum Gasteiger partial charge on any atom is -0.494 e. The predicted octanol–water partition coefficient (Wildman–Crippen LogP) is 4.32. The fourth-order valence-corrected chi connectivity index (χ4v) is 3.44. The monoisotopic (exact) mass is 368 g/mol. The van der Waals surface area contributed by atoms with Gasteiger partial charge in [-0.25, -0.2) is 4.79 Å². The van der Waals surface area contributed by atoms with E-state index in [9.17, 15) is 4.79 Å². The summed E-state index contributed by atoms with van der Waals surface area (Å²) >= 11 is 0. The van der Waals surface area contributed by atoms with Gasteiger partial charge in [-0.3, -0.25) is 0 Å². The van der Waals surface area contributed by atoms with E-state index in [-0.39, 0.29) is 12.1 Å². The van der Waals surface area contributed by atoms with Gasteiger partial charge in [-0.2, -0.15) is 0 Å². The number of carbonyl (C=O) groups excluding carboxylic acids is 1. The first-order chi connectivity index (χ1) is 13.2. The SMILES string of the molecule is CCOc1ccc(C2CCCN2C(=O)NCCOc2cccc(C)c2)cc1. The normalized spacial score (nSPS) is 16.2. The minimum absolute atomic E-state index is 0.0285. The minimum atomic E-state index is -0.0285. The number of carbonyl (C=O) groups is 1. The molecule has 1 heterocycles. The zero-order valence-corrected chi connectivity index (χ0v) is 16.1. The summed E-state index contributed by atoms with van der Waals surface area (Å²) in [5.41, 5.74) is 2.31. The Morgan fingerprint density at radius 2 is 1.96 bits per heavy atom. The first-order valence-electron chi connectivity index (χ1n) is 9.64. The molecule has 2 aromatic carbocycles. The summed E-state index contributed by atoms with van der Waals surface area (Å²) in [6.07, 6.45) is 2.01. The summed E-state index contributed by atoms with van der Waals surface area (Å²) < 4.78 is 11.2. The number of nitrogens with one attached hydrogen (secondary N) is 1. The molecule has 1 saturated heterocycles. The topological polar surface area (TPSA) is 50.8 Å². The molecule has 1 aliphatic rings. The van der Waals surface area contributed by atoms with Crippen LogP contribution in [0.1, 0.15) is 36.9 Å². The third kappa shape index (κ3) is 5.16. The van der Waals surface area contributed by atoms with Gasteiger partial charge in [-0.1, -0.05) is 24.3 Å². The number of amides is 2. The van der Waals surface area contributed by atoms with Crippen molar-refractivity contribution in [3.05, 3.63) is 59.7 Å². The van der Waals surface area contributed by atoms with Gasteiger partial charge in [0.2, 0.25) is 0 Å². The number of aryl methyl sites for hydroxylation is 1. The first kappa shape index (κ1) is 19.1. The van der Waals surface area contributed by atoms with Crippen molar-refractivity contribution in [1.29, 1.82) is 0 Å². The van der Waals surface area contributed by atoms with Crippen LogP contribution in [0.4, 0.5) is 4.79 Å². The number of ether oxygens (including phenoxy) is 2. The molecule has 1 N–H and O–H groups in total. The van der Waals surface area contributed by atoms with E-state index in [4.69, 9.17) is 9.47 Å². The van der Waals surface area contributed by atoms with Crippen molar-refractivity contribution >= 4 is 6.03 Å². The average molecular weight is 368 g/mol. The van der Waals surface area contributed by atoms with Crippen molar-refractivity contribution in [3.8, 4) is 11.5 Å². The predicted molar refractivity (Wildman–Crippen MR) is 106 cm³/mol. The molecule has 1 fully saturated rings. The van der Waals surface area contributed by atoms with E-state index >= 15 is 0 Å². The molecule has 0 radical (unpaired) electrons. The van der Waals surface area contributed by atoms with Gasteiger partial charge in [-0.15, -0.1) is 0 Å². The molecular formula is C22H28N2O3. The van der Waals surface area contributed by atoms with Crippen LogP contribution >= 0.6 is 0 Å². The van der Waals surface area contributed by atoms with Crippen molar-refractivity contribution in [2.45, 2.75) is 32.7 Å². The summed E-state index contributed by atoms with van der Waals surface area (Å²) in [7, 11) is 0. The molecule has 1 unspecified atom stereocenters. The Labute approximate surface area is 161 Å². The van der Waals surface area contributed by atoms with Crippen LogP contribution in [0.2, 0.25) is 0 Å². The molecule has 1 aliphatic heterocycles. The number of hydrogen-bond acceptors (Lipinski definition) is 3. The van der Waals surface area contributed by atoms with E-state index in [1.807, 2.05) is 55.1 Å². The molecule has 0 saturated carbocycles. The summed E-state index contributed by atoms with van der Waals surface area (Å²) in [4.78, 5) is 14.5. The van der Waals surface area contributed by atoms with E-state index in [0.29, 0.717) is 19.8 Å². The van der Waals surface area contributed by atoms with Crippen LogP contribution in [-0.4, -0.2) is 37.2 Å². The molecule has 0 aromatic heterocycles. The zero-order chi connectivity index (χ0) is 19.1. The maximum atomic E-state index is 12.6. The Morgan fingerprint density at radius 1 is 1.15 bits per heavy atom. The molecule has 0 aliphatic carbocycles. The van der Waals surface area contributed by atoms with Gasteiger partial charge in [0.05, 0.1) is 19.2 Å². The second kappa shape index (κ2) is 9.31. The third-order valence-electron chi connectivity index (χ3n) is 4.73. The highest BCUT2D eigenvalue weighted by atomic mass is 16.5. The summed E-state index contributed by atoms with van der Waals surface area (Å²) in [5.74, 6) is 1.70. The molecule has 144 valence electrons. The molecule has 3 rings (SSSR count). The molecule has 27 heavy (non-hydrogen) atoms. The smallest absolute Gasteiger partial charge is 0.318 e. The highest BCUT2D eigenvalue weighted by Gasteiger charge is 2.29. The van der Waals surface area contributed by atoms with Gasteiger partial charge in [0.25, 0.3) is 0 Å². The van der Waals surface area contributed by atoms with E-state index in [2.05, 4.69) is 17.4 Å². The lowest BCUT2D eigenvalue weighted by Gasteiger charge is -2.25. The molecule has 2 amide bonds. The maximum Gasteiger partial charge on any atom is 0.318 e. The Kier molecular flexibility index (Phi) is 6.58. The fraction of sp³-hybridized carbons (Fsp3) is 0.409. The second-order valence-electron chi connectivity index (χ2n) is 6.75. The maximum absolute atomic E-state index is 12.6. The largest absolute Gasteiger partial charge is 0.494 e. The Morgan fingerprint density at radius 3 is 2.70 bits per heavy atom. The van der Waals surface area contributed by atoms with Gasteiger partial charge >= 0.3 is 6.03 Å². The summed E-state index contributed by atoms with van der Waals surface area (Å²) in [6, 6.07) is 16.1. The lowest BCUT2D eigenvalue weighted by molar-refractivity contribution is 0.190. The number of benzene rings is 2. The number of hydrogen-bond donors (Lipinski definition) is 1. The number of nitrogens with zero attached hydrogens (tertiary/aromatic N) is 1. The van der Waals surface area contributed by atoms with E-state index in [1.54, 1.807) is 0 Å².